The molecule has 0 radical (unpaired) electrons. The first-order chi connectivity index (χ1) is 18.3. The Bertz CT molecular complexity index is 1040. The van der Waals surface area contributed by atoms with E-state index < -0.39 is 0 Å². The predicted molar refractivity (Wildman–Crippen MR) is 160 cm³/mol. The highest BCUT2D eigenvalue weighted by atomic mass is 16.3. The number of aliphatic hydroxyl groups is 1. The Labute approximate surface area is 239 Å². The maximum absolute atomic E-state index is 14.3. The van der Waals surface area contributed by atoms with Gasteiger partial charge in [-0.3, -0.25) is 4.79 Å². The first-order valence-corrected chi connectivity index (χ1v) is 16.6. The minimum Gasteiger partial charge on any atom is -0.396 e. The first-order valence-electron chi connectivity index (χ1n) is 16.6. The number of carbonyl (C=O) groups excluding carboxylic acids is 1. The van der Waals surface area contributed by atoms with Crippen LogP contribution in [0.3, 0.4) is 0 Å². The maximum atomic E-state index is 14.3. The minimum absolute atomic E-state index is 0.0694. The fraction of sp³-hybridized carbons (Fsp3) is 0.861. The second-order valence-electron chi connectivity index (χ2n) is 16.8. The third kappa shape index (κ3) is 3.79. The molecule has 0 bridgehead atoms. The molecule has 0 spiro atoms. The number of carbonyl (C=O) groups is 1. The number of nitrogens with one attached hydrogen (secondary N) is 1. The van der Waals surface area contributed by atoms with Crippen LogP contribution >= 0.6 is 0 Å². The number of allylic oxidation sites excluding steroid dienone is 1. The topological polar surface area (TPSA) is 49.3 Å². The average molecular weight is 536 g/mol. The van der Waals surface area contributed by atoms with E-state index in [9.17, 15) is 9.90 Å². The summed E-state index contributed by atoms with van der Waals surface area (Å²) < 4.78 is 0. The summed E-state index contributed by atoms with van der Waals surface area (Å²) in [5.41, 5.74) is 2.60. The Morgan fingerprint density at radius 2 is 1.67 bits per heavy atom. The van der Waals surface area contributed by atoms with Gasteiger partial charge in [-0.05, 0) is 129 Å². The van der Waals surface area contributed by atoms with Crippen molar-refractivity contribution in [1.29, 1.82) is 0 Å². The summed E-state index contributed by atoms with van der Waals surface area (Å²) >= 11 is 0. The Balaban J connectivity index is 1.34. The summed E-state index contributed by atoms with van der Waals surface area (Å²) in [6.45, 7) is 20.1. The highest BCUT2D eigenvalue weighted by Crippen LogP contribution is 2.77. The van der Waals surface area contributed by atoms with E-state index in [2.05, 4.69) is 65.6 Å². The molecule has 0 aliphatic heterocycles. The Kier molecular flexibility index (Phi) is 6.62. The Hall–Kier alpha value is -1.09. The van der Waals surface area contributed by atoms with Crippen LogP contribution in [-0.2, 0) is 4.79 Å². The van der Waals surface area contributed by atoms with Crippen molar-refractivity contribution in [3.05, 3.63) is 24.3 Å². The van der Waals surface area contributed by atoms with Crippen molar-refractivity contribution in [2.75, 3.05) is 6.61 Å². The second-order valence-corrected chi connectivity index (χ2v) is 16.8. The van der Waals surface area contributed by atoms with Crippen molar-refractivity contribution in [3.8, 4) is 0 Å². The normalized spacial score (nSPS) is 51.8. The van der Waals surface area contributed by atoms with Crippen LogP contribution in [0.5, 0.6) is 0 Å². The van der Waals surface area contributed by atoms with Crippen LogP contribution in [0.2, 0.25) is 0 Å². The average Bonchev–Trinajstić information content (AvgIpc) is 3.49. The molecule has 0 saturated heterocycles. The third-order valence-corrected chi connectivity index (χ3v) is 15.0. The standard InChI is InChI=1S/C36H57NO2/c1-23(2)26-13-18-36(31(39)37-25-10-9-24(21-25)22-38)20-19-34(6)27(30(26)36)11-12-29-33(5)16-8-15-32(3,4)28(33)14-17-35(29,34)7/h9-10,24-30,38H,1,8,11-22H2,2-7H3,(H,37,39)/t24?,25?,26-,27+,28+,29+,30+,33+,34+,35+,36-/m0/s1. The lowest BCUT2D eigenvalue weighted by Gasteiger charge is -2.72. The second kappa shape index (κ2) is 9.20. The zero-order chi connectivity index (χ0) is 28.0. The highest BCUT2D eigenvalue weighted by Gasteiger charge is 2.71. The molecule has 0 heterocycles. The van der Waals surface area contributed by atoms with Gasteiger partial charge < -0.3 is 10.4 Å². The van der Waals surface area contributed by atoms with Gasteiger partial charge in [-0.25, -0.2) is 0 Å². The van der Waals surface area contributed by atoms with E-state index in [4.69, 9.17) is 0 Å². The van der Waals surface area contributed by atoms with E-state index >= 15 is 0 Å². The van der Waals surface area contributed by atoms with Gasteiger partial charge in [0.15, 0.2) is 0 Å². The van der Waals surface area contributed by atoms with Gasteiger partial charge in [-0.2, -0.15) is 0 Å². The maximum Gasteiger partial charge on any atom is 0.226 e. The fourth-order valence-corrected chi connectivity index (χ4v) is 13.0. The Morgan fingerprint density at radius 3 is 2.36 bits per heavy atom. The molecule has 11 atom stereocenters. The molecule has 3 heteroatoms. The molecule has 6 aliphatic carbocycles. The molecule has 2 N–H and O–H groups in total. The zero-order valence-corrected chi connectivity index (χ0v) is 26.0. The van der Waals surface area contributed by atoms with E-state index in [1.54, 1.807) is 0 Å². The summed E-state index contributed by atoms with van der Waals surface area (Å²) in [7, 11) is 0. The molecule has 0 aromatic rings. The molecule has 218 valence electrons. The van der Waals surface area contributed by atoms with E-state index in [1.165, 1.54) is 56.9 Å². The van der Waals surface area contributed by atoms with Gasteiger partial charge in [0.1, 0.15) is 0 Å². The molecule has 1 amide bonds. The summed E-state index contributed by atoms with van der Waals surface area (Å²) in [5, 5.41) is 13.1. The molecular formula is C36H57NO2. The number of hydrogen-bond acceptors (Lipinski definition) is 2. The molecule has 2 unspecified atom stereocenters. The fourth-order valence-electron chi connectivity index (χ4n) is 13.0. The molecule has 39 heavy (non-hydrogen) atoms. The highest BCUT2D eigenvalue weighted by molar-refractivity contribution is 5.84. The van der Waals surface area contributed by atoms with E-state index in [0.717, 1.165) is 37.5 Å². The number of amides is 1. The van der Waals surface area contributed by atoms with Crippen molar-refractivity contribution in [3.63, 3.8) is 0 Å². The minimum atomic E-state index is -0.254. The van der Waals surface area contributed by atoms with Crippen LogP contribution in [0, 0.1) is 62.6 Å². The Morgan fingerprint density at radius 1 is 0.897 bits per heavy atom. The van der Waals surface area contributed by atoms with Crippen molar-refractivity contribution in [2.24, 2.45) is 62.6 Å². The van der Waals surface area contributed by atoms with E-state index in [0.29, 0.717) is 39.9 Å². The summed E-state index contributed by atoms with van der Waals surface area (Å²) in [6.07, 6.45) is 19.0. The summed E-state index contributed by atoms with van der Waals surface area (Å²) in [5.74, 6) is 3.62. The van der Waals surface area contributed by atoms with Gasteiger partial charge in [0, 0.05) is 18.6 Å². The van der Waals surface area contributed by atoms with Crippen LogP contribution in [-0.4, -0.2) is 23.7 Å². The van der Waals surface area contributed by atoms with Crippen molar-refractivity contribution in [2.45, 2.75) is 125 Å². The van der Waals surface area contributed by atoms with Crippen LogP contribution in [0.25, 0.3) is 0 Å². The van der Waals surface area contributed by atoms with Crippen LogP contribution in [0.4, 0.5) is 0 Å². The van der Waals surface area contributed by atoms with Gasteiger partial charge in [-0.1, -0.05) is 65.3 Å². The lowest BCUT2D eigenvalue weighted by Crippen LogP contribution is -2.66. The molecule has 5 saturated carbocycles. The number of aliphatic hydroxyl groups excluding tert-OH is 1. The molecule has 3 nitrogen and oxygen atoms in total. The molecular weight excluding hydrogens is 478 g/mol. The number of rotatable bonds is 4. The molecule has 0 aromatic carbocycles. The number of fused-ring (bicyclic) bond motifs is 7. The lowest BCUT2D eigenvalue weighted by molar-refractivity contribution is -0.235. The molecule has 6 rings (SSSR count). The molecule has 0 aromatic heterocycles. The third-order valence-electron chi connectivity index (χ3n) is 15.0. The van der Waals surface area contributed by atoms with Gasteiger partial charge in [0.25, 0.3) is 0 Å². The van der Waals surface area contributed by atoms with Crippen molar-refractivity contribution < 1.29 is 9.90 Å². The van der Waals surface area contributed by atoms with Gasteiger partial charge in [0.05, 0.1) is 5.41 Å². The SMILES string of the molecule is C=C(C)[C@@H]1CC[C@]2(C(=O)NC3C=CC(CO)C3)CC[C@]3(C)[C@H](CC[C@@H]4[C@]5(C)CCCC(C)(C)[C@H]5CC[C@]43C)[C@@H]12. The van der Waals surface area contributed by atoms with Crippen molar-refractivity contribution in [1.82, 2.24) is 5.32 Å². The van der Waals surface area contributed by atoms with Crippen LogP contribution < -0.4 is 5.32 Å². The van der Waals surface area contributed by atoms with Crippen LogP contribution in [0.1, 0.15) is 119 Å². The first kappa shape index (κ1) is 28.0. The zero-order valence-electron chi connectivity index (χ0n) is 26.0. The smallest absolute Gasteiger partial charge is 0.226 e. The largest absolute Gasteiger partial charge is 0.396 e. The van der Waals surface area contributed by atoms with Crippen molar-refractivity contribution >= 4 is 5.91 Å². The predicted octanol–water partition coefficient (Wildman–Crippen LogP) is 8.09. The molecule has 5 fully saturated rings. The lowest BCUT2D eigenvalue weighted by atomic mass is 9.32. The summed E-state index contributed by atoms with van der Waals surface area (Å²) in [4.78, 5) is 14.3. The quantitative estimate of drug-likeness (QED) is 0.357. The van der Waals surface area contributed by atoms with E-state index in [-0.39, 0.29) is 29.4 Å². The summed E-state index contributed by atoms with van der Waals surface area (Å²) in [6, 6.07) is 0.0694. The molecule has 6 aliphatic rings. The monoisotopic (exact) mass is 535 g/mol. The van der Waals surface area contributed by atoms with Crippen LogP contribution in [0.15, 0.2) is 24.3 Å². The van der Waals surface area contributed by atoms with E-state index in [1.807, 2.05) is 0 Å². The van der Waals surface area contributed by atoms with Gasteiger partial charge >= 0.3 is 0 Å². The van der Waals surface area contributed by atoms with Gasteiger partial charge in [0.2, 0.25) is 5.91 Å². The van der Waals surface area contributed by atoms with Gasteiger partial charge in [-0.15, -0.1) is 0 Å². The number of hydrogen-bond donors (Lipinski definition) is 2.